The molecule has 0 amide bonds. The van der Waals surface area contributed by atoms with Crippen molar-refractivity contribution >= 4 is 34.1 Å². The van der Waals surface area contributed by atoms with Crippen LogP contribution in [0.3, 0.4) is 0 Å². The molecule has 1 N–H and O–H groups in total. The van der Waals surface area contributed by atoms with Crippen molar-refractivity contribution in [2.75, 3.05) is 0 Å². The lowest BCUT2D eigenvalue weighted by Gasteiger charge is -2.11. The normalized spacial score (nSPS) is 12.9. The van der Waals surface area contributed by atoms with Gasteiger partial charge in [0.05, 0.1) is 16.7 Å². The highest BCUT2D eigenvalue weighted by Crippen LogP contribution is 2.28. The summed E-state index contributed by atoms with van der Waals surface area (Å²) in [6.45, 7) is 4.13. The van der Waals surface area contributed by atoms with Crippen molar-refractivity contribution in [3.8, 4) is 0 Å². The summed E-state index contributed by atoms with van der Waals surface area (Å²) in [6.07, 6.45) is 0.100. The van der Waals surface area contributed by atoms with Gasteiger partial charge >= 0.3 is 0 Å². The van der Waals surface area contributed by atoms with Crippen LogP contribution in [-0.4, -0.2) is 14.7 Å². The van der Waals surface area contributed by atoms with Crippen LogP contribution in [0.1, 0.15) is 42.0 Å². The summed E-state index contributed by atoms with van der Waals surface area (Å²) in [4.78, 5) is 0.892. The first-order valence-corrected chi connectivity index (χ1v) is 7.67. The second kappa shape index (κ2) is 6.08. The van der Waals surface area contributed by atoms with E-state index in [4.69, 9.17) is 0 Å². The molecule has 5 heteroatoms. The Morgan fingerprint density at radius 3 is 2.56 bits per heavy atom. The van der Waals surface area contributed by atoms with Gasteiger partial charge in [0.15, 0.2) is 0 Å². The van der Waals surface area contributed by atoms with Crippen LogP contribution < -0.4 is 0 Å². The fraction of sp³-hybridized carbons (Fsp3) is 0.385. The number of nitrogens with zero attached hydrogens (tertiary/aromatic N) is 2. The number of halogens is 1. The van der Waals surface area contributed by atoms with Gasteiger partial charge in [0.2, 0.25) is 0 Å². The Morgan fingerprint density at radius 1 is 1.28 bits per heavy atom. The summed E-state index contributed by atoms with van der Waals surface area (Å²) in [6, 6.07) is 8.21. The number of hydrogen-bond donors (Lipinski definition) is 1. The Kier molecular flexibility index (Phi) is 4.69. The lowest BCUT2D eigenvalue weighted by Crippen LogP contribution is -2.04. The quantitative estimate of drug-likeness (QED) is 0.833. The second-order valence-corrected chi connectivity index (χ2v) is 6.55. The van der Waals surface area contributed by atoms with E-state index in [-0.39, 0.29) is 0 Å². The van der Waals surface area contributed by atoms with Crippen molar-refractivity contribution in [1.82, 2.24) is 9.59 Å². The molecule has 0 radical (unpaired) electrons. The van der Waals surface area contributed by atoms with Crippen molar-refractivity contribution in [1.29, 1.82) is 0 Å². The number of rotatable bonds is 4. The van der Waals surface area contributed by atoms with Crippen LogP contribution in [0.4, 0.5) is 0 Å². The average Bonchev–Trinajstić information content (AvgIpc) is 2.81. The predicted molar refractivity (Wildman–Crippen MR) is 81.8 cm³/mol. The van der Waals surface area contributed by atoms with Crippen LogP contribution >= 0.6 is 34.1 Å². The molecular formula is C13H15IN2OS. The van der Waals surface area contributed by atoms with Gasteiger partial charge in [0, 0.05) is 9.99 Å². The molecule has 0 aliphatic heterocycles. The van der Waals surface area contributed by atoms with Gasteiger partial charge in [-0.3, -0.25) is 0 Å². The van der Waals surface area contributed by atoms with Crippen LogP contribution in [0.25, 0.3) is 0 Å². The monoisotopic (exact) mass is 374 g/mol. The van der Waals surface area contributed by atoms with Gasteiger partial charge in [0.25, 0.3) is 0 Å². The Bertz CT molecular complexity index is 510. The molecule has 1 unspecified atom stereocenters. The predicted octanol–water partition coefficient (Wildman–Crippen LogP) is 3.54. The van der Waals surface area contributed by atoms with E-state index in [0.29, 0.717) is 12.3 Å². The van der Waals surface area contributed by atoms with Crippen LogP contribution in [-0.2, 0) is 6.42 Å². The standard InChI is InChI=1S/C13H15IN2OS/c1-8(2)12-13(18-16-15-12)11(17)7-9-3-5-10(14)6-4-9/h3-6,8,11,17H,7H2,1-2H3. The van der Waals surface area contributed by atoms with Crippen molar-refractivity contribution in [2.45, 2.75) is 32.3 Å². The van der Waals surface area contributed by atoms with Crippen LogP contribution in [0.15, 0.2) is 24.3 Å². The highest BCUT2D eigenvalue weighted by atomic mass is 127. The van der Waals surface area contributed by atoms with E-state index in [1.807, 2.05) is 0 Å². The minimum absolute atomic E-state index is 0.296. The molecule has 1 atom stereocenters. The molecule has 1 heterocycles. The number of benzene rings is 1. The zero-order valence-electron chi connectivity index (χ0n) is 10.3. The summed E-state index contributed by atoms with van der Waals surface area (Å²) in [5, 5.41) is 14.4. The van der Waals surface area contributed by atoms with Crippen LogP contribution in [0.5, 0.6) is 0 Å². The molecule has 2 rings (SSSR count). The van der Waals surface area contributed by atoms with Crippen molar-refractivity contribution in [2.24, 2.45) is 0 Å². The zero-order chi connectivity index (χ0) is 13.1. The van der Waals surface area contributed by atoms with E-state index in [0.717, 1.165) is 16.1 Å². The molecule has 0 spiro atoms. The summed E-state index contributed by atoms with van der Waals surface area (Å²) in [5.74, 6) is 0.296. The first-order valence-electron chi connectivity index (χ1n) is 5.82. The molecule has 1 aromatic carbocycles. The molecule has 0 saturated heterocycles. The largest absolute Gasteiger partial charge is 0.387 e. The Hall–Kier alpha value is -0.530. The smallest absolute Gasteiger partial charge is 0.0957 e. The maximum atomic E-state index is 10.3. The maximum absolute atomic E-state index is 10.3. The number of aliphatic hydroxyl groups is 1. The van der Waals surface area contributed by atoms with Gasteiger partial charge < -0.3 is 5.11 Å². The van der Waals surface area contributed by atoms with E-state index >= 15 is 0 Å². The Morgan fingerprint density at radius 2 is 1.94 bits per heavy atom. The van der Waals surface area contributed by atoms with E-state index < -0.39 is 6.10 Å². The topological polar surface area (TPSA) is 46.0 Å². The van der Waals surface area contributed by atoms with Crippen molar-refractivity contribution in [3.05, 3.63) is 44.0 Å². The number of hydrogen-bond acceptors (Lipinski definition) is 4. The highest BCUT2D eigenvalue weighted by molar-refractivity contribution is 14.1. The maximum Gasteiger partial charge on any atom is 0.0957 e. The zero-order valence-corrected chi connectivity index (χ0v) is 13.3. The SMILES string of the molecule is CC(C)c1nnsc1C(O)Cc1ccc(I)cc1. The Labute approximate surface area is 125 Å². The van der Waals surface area contributed by atoms with E-state index in [2.05, 4.69) is 70.3 Å². The number of aliphatic hydroxyl groups excluding tert-OH is 1. The summed E-state index contributed by atoms with van der Waals surface area (Å²) >= 11 is 3.57. The molecule has 96 valence electrons. The number of aromatic nitrogens is 2. The molecule has 18 heavy (non-hydrogen) atoms. The molecule has 0 fully saturated rings. The minimum atomic E-state index is -0.512. The lowest BCUT2D eigenvalue weighted by molar-refractivity contribution is 0.180. The average molecular weight is 374 g/mol. The molecular weight excluding hydrogens is 359 g/mol. The van der Waals surface area contributed by atoms with E-state index in [9.17, 15) is 5.11 Å². The van der Waals surface area contributed by atoms with Gasteiger partial charge in [-0.15, -0.1) is 5.10 Å². The van der Waals surface area contributed by atoms with Gasteiger partial charge in [-0.25, -0.2) is 0 Å². The third-order valence-electron chi connectivity index (χ3n) is 2.73. The third-order valence-corrected chi connectivity index (χ3v) is 4.29. The first-order chi connectivity index (χ1) is 8.58. The molecule has 0 saturated carbocycles. The fourth-order valence-electron chi connectivity index (χ4n) is 1.77. The second-order valence-electron chi connectivity index (χ2n) is 4.52. The van der Waals surface area contributed by atoms with Gasteiger partial charge in [0.1, 0.15) is 0 Å². The molecule has 0 aliphatic rings. The summed E-state index contributed by atoms with van der Waals surface area (Å²) < 4.78 is 5.15. The van der Waals surface area contributed by atoms with Gasteiger partial charge in [-0.05, 0) is 57.7 Å². The summed E-state index contributed by atoms with van der Waals surface area (Å²) in [5.41, 5.74) is 2.05. The Balaban J connectivity index is 2.14. The van der Waals surface area contributed by atoms with Crippen molar-refractivity contribution < 1.29 is 5.11 Å². The molecule has 2 aromatic rings. The van der Waals surface area contributed by atoms with Gasteiger partial charge in [-0.2, -0.15) is 0 Å². The minimum Gasteiger partial charge on any atom is -0.387 e. The van der Waals surface area contributed by atoms with E-state index in [1.165, 1.54) is 15.1 Å². The van der Waals surface area contributed by atoms with Crippen molar-refractivity contribution in [3.63, 3.8) is 0 Å². The van der Waals surface area contributed by atoms with Gasteiger partial charge in [-0.1, -0.05) is 30.5 Å². The van der Waals surface area contributed by atoms with Crippen LogP contribution in [0.2, 0.25) is 0 Å². The molecule has 0 bridgehead atoms. The van der Waals surface area contributed by atoms with Crippen LogP contribution in [0, 0.1) is 3.57 Å². The molecule has 1 aromatic heterocycles. The first kappa shape index (κ1) is 13.9. The third kappa shape index (κ3) is 3.27. The molecule has 0 aliphatic carbocycles. The summed E-state index contributed by atoms with van der Waals surface area (Å²) in [7, 11) is 0. The molecule has 3 nitrogen and oxygen atoms in total. The van der Waals surface area contributed by atoms with E-state index in [1.54, 1.807) is 0 Å². The highest BCUT2D eigenvalue weighted by Gasteiger charge is 2.19. The fourth-order valence-corrected chi connectivity index (χ4v) is 2.92. The lowest BCUT2D eigenvalue weighted by atomic mass is 10.0.